The van der Waals surface area contributed by atoms with E-state index in [0.29, 0.717) is 0 Å². The van der Waals surface area contributed by atoms with Gasteiger partial charge in [0, 0.05) is 16.7 Å². The van der Waals surface area contributed by atoms with Crippen molar-refractivity contribution in [1.82, 2.24) is 0 Å². The quantitative estimate of drug-likeness (QED) is 0.469. The topological polar surface area (TPSA) is 95.7 Å². The predicted molar refractivity (Wildman–Crippen MR) is 59.3 cm³/mol. The Bertz CT molecular complexity index is 606. The maximum atomic E-state index is 12.2. The first kappa shape index (κ1) is 15.4. The lowest BCUT2D eigenvalue weighted by Crippen LogP contribution is -2.08. The molecule has 1 aromatic carbocycles. The minimum absolute atomic E-state index is 0.243. The molecular weight excluding hydrogens is 312 g/mol. The lowest BCUT2D eigenvalue weighted by Gasteiger charge is -2.10. The number of ether oxygens (including phenoxy) is 2. The molecule has 0 aromatic heterocycles. The Morgan fingerprint density at radius 1 is 1.42 bits per heavy atom. The van der Waals surface area contributed by atoms with Crippen molar-refractivity contribution in [2.24, 2.45) is 0 Å². The molecule has 0 saturated heterocycles. The summed E-state index contributed by atoms with van der Waals surface area (Å²) in [5.41, 5.74) is -1.00. The molecule has 11 heteroatoms. The summed E-state index contributed by atoms with van der Waals surface area (Å²) in [6, 6.07) is 1.48. The van der Waals surface area contributed by atoms with Gasteiger partial charge in [0.1, 0.15) is 10.6 Å². The van der Waals surface area contributed by atoms with Crippen LogP contribution in [0.25, 0.3) is 0 Å². The monoisotopic (exact) mass is 317 g/mol. The van der Waals surface area contributed by atoms with Gasteiger partial charge in [0.15, 0.2) is 0 Å². The lowest BCUT2D eigenvalue weighted by atomic mass is 10.3. The Kier molecular flexibility index (Phi) is 4.48. The number of nitrogens with zero attached hydrogens (tertiary/aromatic N) is 1. The standard InChI is InChI=1S/C8H6ClF2NO6S/c1-17-4-2-5(12(13)14)7(18-8(10)11)6(3-4)19(9,15)16/h2-3,8H,1H3. The van der Waals surface area contributed by atoms with Crippen LogP contribution in [0.2, 0.25) is 0 Å². The summed E-state index contributed by atoms with van der Waals surface area (Å²) < 4.78 is 55.4. The third kappa shape index (κ3) is 3.64. The fourth-order valence-corrected chi connectivity index (χ4v) is 2.18. The van der Waals surface area contributed by atoms with Crippen LogP contribution in [0.4, 0.5) is 14.5 Å². The number of hydrogen-bond donors (Lipinski definition) is 0. The van der Waals surface area contributed by atoms with Crippen LogP contribution in [-0.2, 0) is 9.05 Å². The fourth-order valence-electron chi connectivity index (χ4n) is 1.21. The summed E-state index contributed by atoms with van der Waals surface area (Å²) in [4.78, 5) is 8.67. The number of methoxy groups -OCH3 is 1. The molecule has 0 amide bonds. The zero-order chi connectivity index (χ0) is 14.8. The Labute approximate surface area is 110 Å². The number of nitro groups is 1. The van der Waals surface area contributed by atoms with E-state index < -0.39 is 36.9 Å². The van der Waals surface area contributed by atoms with Gasteiger partial charge in [0.25, 0.3) is 9.05 Å². The van der Waals surface area contributed by atoms with Gasteiger partial charge in [0.05, 0.1) is 18.1 Å². The first-order chi connectivity index (χ1) is 8.66. The number of benzene rings is 1. The average molecular weight is 318 g/mol. The molecule has 1 aromatic rings. The normalized spacial score (nSPS) is 11.4. The molecule has 0 N–H and O–H groups in total. The van der Waals surface area contributed by atoms with Gasteiger partial charge in [-0.25, -0.2) is 8.42 Å². The molecule has 0 saturated carbocycles. The fraction of sp³-hybridized carbons (Fsp3) is 0.250. The minimum atomic E-state index is -4.54. The minimum Gasteiger partial charge on any atom is -0.496 e. The van der Waals surface area contributed by atoms with Gasteiger partial charge in [-0.05, 0) is 0 Å². The molecule has 0 aliphatic carbocycles. The van der Waals surface area contributed by atoms with Crippen molar-refractivity contribution in [2.45, 2.75) is 11.5 Å². The van der Waals surface area contributed by atoms with Crippen LogP contribution < -0.4 is 9.47 Å². The predicted octanol–water partition coefficient (Wildman–Crippen LogP) is 2.13. The van der Waals surface area contributed by atoms with Crippen LogP contribution in [-0.4, -0.2) is 27.1 Å². The maximum Gasteiger partial charge on any atom is 0.387 e. The highest BCUT2D eigenvalue weighted by molar-refractivity contribution is 8.13. The van der Waals surface area contributed by atoms with Gasteiger partial charge in [-0.15, -0.1) is 0 Å². The largest absolute Gasteiger partial charge is 0.496 e. The van der Waals surface area contributed by atoms with Gasteiger partial charge in [0.2, 0.25) is 5.75 Å². The smallest absolute Gasteiger partial charge is 0.387 e. The first-order valence-electron chi connectivity index (χ1n) is 4.42. The van der Waals surface area contributed by atoms with E-state index in [1.807, 2.05) is 0 Å². The molecule has 0 aliphatic heterocycles. The lowest BCUT2D eigenvalue weighted by molar-refractivity contribution is -0.386. The first-order valence-corrected chi connectivity index (χ1v) is 6.73. The Morgan fingerprint density at radius 3 is 2.37 bits per heavy atom. The maximum absolute atomic E-state index is 12.2. The van der Waals surface area contributed by atoms with Crippen LogP contribution in [0.15, 0.2) is 17.0 Å². The summed E-state index contributed by atoms with van der Waals surface area (Å²) >= 11 is 0. The zero-order valence-electron chi connectivity index (χ0n) is 9.17. The molecule has 0 spiro atoms. The van der Waals surface area contributed by atoms with Gasteiger partial charge in [-0.2, -0.15) is 8.78 Å². The van der Waals surface area contributed by atoms with Gasteiger partial charge in [-0.1, -0.05) is 0 Å². The molecule has 0 bridgehead atoms. The van der Waals surface area contributed by atoms with Crippen molar-refractivity contribution in [2.75, 3.05) is 7.11 Å². The number of alkyl halides is 2. The van der Waals surface area contributed by atoms with Crippen LogP contribution in [0.1, 0.15) is 0 Å². The number of rotatable bonds is 5. The van der Waals surface area contributed by atoms with E-state index in [2.05, 4.69) is 9.47 Å². The van der Waals surface area contributed by atoms with Crippen molar-refractivity contribution in [3.05, 3.63) is 22.2 Å². The highest BCUT2D eigenvalue weighted by Crippen LogP contribution is 2.40. The molecule has 7 nitrogen and oxygen atoms in total. The molecule has 1 rings (SSSR count). The van der Waals surface area contributed by atoms with Crippen molar-refractivity contribution >= 4 is 25.4 Å². The Hall–Kier alpha value is -1.68. The summed E-state index contributed by atoms with van der Waals surface area (Å²) in [5.74, 6) is -1.39. The van der Waals surface area contributed by atoms with Crippen LogP contribution in [0, 0.1) is 10.1 Å². The zero-order valence-corrected chi connectivity index (χ0v) is 10.7. The van der Waals surface area contributed by atoms with E-state index in [9.17, 15) is 27.3 Å². The summed E-state index contributed by atoms with van der Waals surface area (Å²) in [6.45, 7) is -3.45. The average Bonchev–Trinajstić information content (AvgIpc) is 2.26. The van der Waals surface area contributed by atoms with Crippen LogP contribution in [0.5, 0.6) is 11.5 Å². The SMILES string of the molecule is COc1cc([N+](=O)[O-])c(OC(F)F)c(S(=O)(=O)Cl)c1. The Morgan fingerprint density at radius 2 is 2.00 bits per heavy atom. The number of nitro benzene ring substituents is 1. The van der Waals surface area contributed by atoms with Gasteiger partial charge >= 0.3 is 12.3 Å². The molecule has 19 heavy (non-hydrogen) atoms. The van der Waals surface area contributed by atoms with Crippen LogP contribution >= 0.6 is 10.7 Å². The van der Waals surface area contributed by atoms with E-state index in [0.717, 1.165) is 19.2 Å². The Balaban J connectivity index is 3.66. The van der Waals surface area contributed by atoms with Gasteiger partial charge < -0.3 is 9.47 Å². The molecule has 0 unspecified atom stereocenters. The van der Waals surface area contributed by atoms with E-state index in [-0.39, 0.29) is 5.75 Å². The summed E-state index contributed by atoms with van der Waals surface area (Å²) in [6.07, 6.45) is 0. The number of hydrogen-bond acceptors (Lipinski definition) is 6. The molecule has 106 valence electrons. The number of halogens is 3. The van der Waals surface area contributed by atoms with Crippen molar-refractivity contribution in [3.63, 3.8) is 0 Å². The molecule has 0 atom stereocenters. The molecule has 0 aliphatic rings. The third-order valence-corrected chi connectivity index (χ3v) is 3.24. The van der Waals surface area contributed by atoms with Crippen LogP contribution in [0.3, 0.4) is 0 Å². The second-order valence-electron chi connectivity index (χ2n) is 3.05. The van der Waals surface area contributed by atoms with E-state index in [4.69, 9.17) is 10.7 Å². The molecule has 0 radical (unpaired) electrons. The molecule has 0 fully saturated rings. The van der Waals surface area contributed by atoms with Crippen molar-refractivity contribution < 1.29 is 31.6 Å². The molecule has 0 heterocycles. The highest BCUT2D eigenvalue weighted by Gasteiger charge is 2.30. The third-order valence-electron chi connectivity index (χ3n) is 1.91. The van der Waals surface area contributed by atoms with Gasteiger partial charge in [-0.3, -0.25) is 10.1 Å². The van der Waals surface area contributed by atoms with Crippen molar-refractivity contribution in [3.8, 4) is 11.5 Å². The van der Waals surface area contributed by atoms with E-state index in [1.165, 1.54) is 0 Å². The summed E-state index contributed by atoms with van der Waals surface area (Å²) in [5, 5.41) is 10.7. The second-order valence-corrected chi connectivity index (χ2v) is 5.58. The highest BCUT2D eigenvalue weighted by atomic mass is 35.7. The van der Waals surface area contributed by atoms with Crippen molar-refractivity contribution in [1.29, 1.82) is 0 Å². The van der Waals surface area contributed by atoms with E-state index >= 15 is 0 Å². The second kappa shape index (κ2) is 5.53. The summed E-state index contributed by atoms with van der Waals surface area (Å²) in [7, 11) is 1.59. The van der Waals surface area contributed by atoms with E-state index in [1.54, 1.807) is 0 Å². The molecular formula is C8H6ClF2NO6S.